The van der Waals surface area contributed by atoms with E-state index in [0.717, 1.165) is 5.69 Å². The maximum Gasteiger partial charge on any atom is 0.102 e. The van der Waals surface area contributed by atoms with Gasteiger partial charge in [0.25, 0.3) is 0 Å². The predicted molar refractivity (Wildman–Crippen MR) is 45.5 cm³/mol. The van der Waals surface area contributed by atoms with Gasteiger partial charge in [0, 0.05) is 13.2 Å². The Kier molecular flexibility index (Phi) is 3.02. The molecule has 2 N–H and O–H groups in total. The molecule has 5 heteroatoms. The minimum Gasteiger partial charge on any atom is -0.320 e. The van der Waals surface area contributed by atoms with Gasteiger partial charge in [-0.05, 0) is 13.8 Å². The molecule has 0 unspecified atom stereocenters. The number of aromatic nitrogens is 3. The minimum atomic E-state index is -0.381. The molecule has 0 bridgehead atoms. The zero-order valence-electron chi connectivity index (χ0n) is 6.90. The van der Waals surface area contributed by atoms with Crippen molar-refractivity contribution in [3.8, 4) is 0 Å². The summed E-state index contributed by atoms with van der Waals surface area (Å²) >= 11 is 0. The lowest BCUT2D eigenvalue weighted by Crippen LogP contribution is -2.29. The molecule has 1 aromatic heterocycles. The summed E-state index contributed by atoms with van der Waals surface area (Å²) in [7, 11) is 1.82. The molecular formula is C6H13ClN4. The topological polar surface area (TPSA) is 56.7 Å². The second-order valence-electron chi connectivity index (χ2n) is 3.00. The zero-order chi connectivity index (χ0) is 7.78. The predicted octanol–water partition coefficient (Wildman–Crippen LogP) is 0.431. The highest BCUT2D eigenvalue weighted by Gasteiger charge is 2.17. The Morgan fingerprint density at radius 1 is 1.55 bits per heavy atom. The molecule has 0 aliphatic heterocycles. The molecule has 0 atom stereocenters. The third kappa shape index (κ3) is 2.48. The summed E-state index contributed by atoms with van der Waals surface area (Å²) in [5.41, 5.74) is 6.19. The Balaban J connectivity index is 0.000001000. The average molecular weight is 177 g/mol. The van der Waals surface area contributed by atoms with E-state index in [4.69, 9.17) is 5.73 Å². The zero-order valence-corrected chi connectivity index (χ0v) is 7.72. The molecule has 4 nitrogen and oxygen atoms in total. The SMILES string of the molecule is Cl.Cn1cc(C(C)(C)N)nn1. The van der Waals surface area contributed by atoms with E-state index >= 15 is 0 Å². The van der Waals surface area contributed by atoms with Crippen molar-refractivity contribution in [1.29, 1.82) is 0 Å². The first-order chi connectivity index (χ1) is 4.50. The average Bonchev–Trinajstić information content (AvgIpc) is 2.11. The monoisotopic (exact) mass is 176 g/mol. The number of rotatable bonds is 1. The van der Waals surface area contributed by atoms with E-state index in [9.17, 15) is 0 Å². The van der Waals surface area contributed by atoms with Gasteiger partial charge in [0.1, 0.15) is 5.69 Å². The van der Waals surface area contributed by atoms with E-state index in [1.807, 2.05) is 27.1 Å². The molecule has 11 heavy (non-hydrogen) atoms. The van der Waals surface area contributed by atoms with Gasteiger partial charge in [0.15, 0.2) is 0 Å². The normalized spacial score (nSPS) is 10.9. The van der Waals surface area contributed by atoms with Gasteiger partial charge in [-0.25, -0.2) is 0 Å². The van der Waals surface area contributed by atoms with E-state index in [-0.39, 0.29) is 17.9 Å². The van der Waals surface area contributed by atoms with E-state index in [1.54, 1.807) is 4.68 Å². The number of hydrogen-bond acceptors (Lipinski definition) is 3. The van der Waals surface area contributed by atoms with Crippen LogP contribution in [0, 0.1) is 0 Å². The van der Waals surface area contributed by atoms with Gasteiger partial charge in [-0.3, -0.25) is 4.68 Å². The molecule has 64 valence electrons. The first-order valence-electron chi connectivity index (χ1n) is 3.16. The lowest BCUT2D eigenvalue weighted by atomic mass is 10.0. The third-order valence-corrected chi connectivity index (χ3v) is 1.26. The number of nitrogens with two attached hydrogens (primary N) is 1. The second-order valence-corrected chi connectivity index (χ2v) is 3.00. The van der Waals surface area contributed by atoms with Gasteiger partial charge in [0.05, 0.1) is 5.54 Å². The van der Waals surface area contributed by atoms with Crippen LogP contribution in [-0.4, -0.2) is 15.0 Å². The molecule has 0 saturated heterocycles. The highest BCUT2D eigenvalue weighted by atomic mass is 35.5. The van der Waals surface area contributed by atoms with Crippen LogP contribution in [0.25, 0.3) is 0 Å². The highest BCUT2D eigenvalue weighted by Crippen LogP contribution is 2.11. The fourth-order valence-corrected chi connectivity index (χ4v) is 0.643. The van der Waals surface area contributed by atoms with Crippen LogP contribution in [0.4, 0.5) is 0 Å². The Bertz CT molecular complexity index is 225. The minimum absolute atomic E-state index is 0. The third-order valence-electron chi connectivity index (χ3n) is 1.26. The molecular weight excluding hydrogens is 164 g/mol. The van der Waals surface area contributed by atoms with Gasteiger partial charge < -0.3 is 5.73 Å². The largest absolute Gasteiger partial charge is 0.320 e. The first kappa shape index (κ1) is 10.4. The summed E-state index contributed by atoms with van der Waals surface area (Å²) in [5.74, 6) is 0. The number of hydrogen-bond donors (Lipinski definition) is 1. The van der Waals surface area contributed by atoms with Crippen LogP contribution in [0.5, 0.6) is 0 Å². The maximum atomic E-state index is 5.75. The Hall–Kier alpha value is -0.610. The van der Waals surface area contributed by atoms with Gasteiger partial charge in [-0.1, -0.05) is 5.21 Å². The molecule has 1 heterocycles. The molecule has 0 saturated carbocycles. The van der Waals surface area contributed by atoms with Crippen molar-refractivity contribution < 1.29 is 0 Å². The fourth-order valence-electron chi connectivity index (χ4n) is 0.643. The number of halogens is 1. The van der Waals surface area contributed by atoms with E-state index in [1.165, 1.54) is 0 Å². The molecule has 1 aromatic rings. The van der Waals surface area contributed by atoms with Gasteiger partial charge in [0.2, 0.25) is 0 Å². The van der Waals surface area contributed by atoms with Crippen molar-refractivity contribution in [1.82, 2.24) is 15.0 Å². The smallest absolute Gasteiger partial charge is 0.102 e. The summed E-state index contributed by atoms with van der Waals surface area (Å²) < 4.78 is 1.64. The second kappa shape index (κ2) is 3.19. The number of aryl methyl sites for hydroxylation is 1. The van der Waals surface area contributed by atoms with Crippen LogP contribution in [0.2, 0.25) is 0 Å². The highest BCUT2D eigenvalue weighted by molar-refractivity contribution is 5.85. The standard InChI is InChI=1S/C6H12N4.ClH/c1-6(2,7)5-4-10(3)9-8-5;/h4H,7H2,1-3H3;1H. The van der Waals surface area contributed by atoms with Crippen molar-refractivity contribution >= 4 is 12.4 Å². The summed E-state index contributed by atoms with van der Waals surface area (Å²) in [5, 5.41) is 7.64. The maximum absolute atomic E-state index is 5.75. The van der Waals surface area contributed by atoms with Gasteiger partial charge in [-0.15, -0.1) is 17.5 Å². The van der Waals surface area contributed by atoms with Crippen LogP contribution < -0.4 is 5.73 Å². The van der Waals surface area contributed by atoms with Gasteiger partial charge in [-0.2, -0.15) is 0 Å². The van der Waals surface area contributed by atoms with Crippen LogP contribution >= 0.6 is 12.4 Å². The van der Waals surface area contributed by atoms with E-state index < -0.39 is 0 Å². The lowest BCUT2D eigenvalue weighted by Gasteiger charge is -2.13. The van der Waals surface area contributed by atoms with Crippen molar-refractivity contribution in [2.45, 2.75) is 19.4 Å². The van der Waals surface area contributed by atoms with E-state index in [2.05, 4.69) is 10.3 Å². The van der Waals surface area contributed by atoms with Crippen LogP contribution in [0.3, 0.4) is 0 Å². The Morgan fingerprint density at radius 3 is 2.27 bits per heavy atom. The van der Waals surface area contributed by atoms with E-state index in [0.29, 0.717) is 0 Å². The molecule has 0 aliphatic rings. The molecule has 0 aliphatic carbocycles. The van der Waals surface area contributed by atoms with Crippen LogP contribution in [0.1, 0.15) is 19.5 Å². The Labute approximate surface area is 72.2 Å². The van der Waals surface area contributed by atoms with Crippen molar-refractivity contribution in [3.05, 3.63) is 11.9 Å². The molecule has 0 radical (unpaired) electrons. The lowest BCUT2D eigenvalue weighted by molar-refractivity contribution is 0.533. The summed E-state index contributed by atoms with van der Waals surface area (Å²) in [6, 6.07) is 0. The molecule has 0 amide bonds. The first-order valence-corrected chi connectivity index (χ1v) is 3.16. The molecule has 1 rings (SSSR count). The quantitative estimate of drug-likeness (QED) is 0.675. The van der Waals surface area contributed by atoms with Crippen molar-refractivity contribution in [3.63, 3.8) is 0 Å². The van der Waals surface area contributed by atoms with Crippen molar-refractivity contribution in [2.24, 2.45) is 12.8 Å². The van der Waals surface area contributed by atoms with Crippen LogP contribution in [0.15, 0.2) is 6.20 Å². The van der Waals surface area contributed by atoms with Crippen molar-refractivity contribution in [2.75, 3.05) is 0 Å². The Morgan fingerprint density at radius 2 is 2.09 bits per heavy atom. The molecule has 0 spiro atoms. The van der Waals surface area contributed by atoms with Gasteiger partial charge >= 0.3 is 0 Å². The number of nitrogens with zero attached hydrogens (tertiary/aromatic N) is 3. The summed E-state index contributed by atoms with van der Waals surface area (Å²) in [6.45, 7) is 3.80. The summed E-state index contributed by atoms with van der Waals surface area (Å²) in [4.78, 5) is 0. The molecule has 0 fully saturated rings. The van der Waals surface area contributed by atoms with Crippen LogP contribution in [-0.2, 0) is 12.6 Å². The molecule has 0 aromatic carbocycles. The fraction of sp³-hybridized carbons (Fsp3) is 0.667. The summed E-state index contributed by atoms with van der Waals surface area (Å²) in [6.07, 6.45) is 1.82.